The summed E-state index contributed by atoms with van der Waals surface area (Å²) >= 11 is 9.29. The molecule has 1 atom stereocenters. The second-order valence-electron chi connectivity index (χ2n) is 6.03. The number of benzene rings is 1. The van der Waals surface area contributed by atoms with Crippen LogP contribution in [0.25, 0.3) is 0 Å². The van der Waals surface area contributed by atoms with E-state index in [1.807, 2.05) is 0 Å². The summed E-state index contributed by atoms with van der Waals surface area (Å²) in [4.78, 5) is 12.4. The Hall–Kier alpha value is -2.11. The topological polar surface area (TPSA) is 80.0 Å². The van der Waals surface area contributed by atoms with Gasteiger partial charge in [-0.2, -0.15) is 28.4 Å². The van der Waals surface area contributed by atoms with E-state index in [0.717, 1.165) is 4.47 Å². The lowest BCUT2D eigenvalue weighted by Crippen LogP contribution is -2.56. The Morgan fingerprint density at radius 3 is 2.79 bits per heavy atom. The molecule has 0 fully saturated rings. The minimum Gasteiger partial charge on any atom is -0.470 e. The van der Waals surface area contributed by atoms with E-state index in [-0.39, 0.29) is 23.1 Å². The van der Waals surface area contributed by atoms with Gasteiger partial charge in [-0.1, -0.05) is 27.5 Å². The van der Waals surface area contributed by atoms with E-state index in [0.29, 0.717) is 10.8 Å². The fourth-order valence-electron chi connectivity index (χ4n) is 2.54. The SMILES string of the molecule is CC1=NN(C(=O)c2ccn(COc3ccc(Br)cc3Cl)n2)[C@](O)(C(F)(F)F)C1. The average Bonchev–Trinajstić information content (AvgIpc) is 3.18. The average molecular weight is 482 g/mol. The zero-order valence-electron chi connectivity index (χ0n) is 14.2. The predicted octanol–water partition coefficient (Wildman–Crippen LogP) is 3.81. The van der Waals surface area contributed by atoms with Gasteiger partial charge >= 0.3 is 6.18 Å². The van der Waals surface area contributed by atoms with Gasteiger partial charge in [0.25, 0.3) is 11.6 Å². The number of aliphatic hydroxyl groups is 1. The van der Waals surface area contributed by atoms with Crippen LogP contribution in [0.3, 0.4) is 0 Å². The first-order valence-corrected chi connectivity index (χ1v) is 8.97. The molecule has 1 aromatic carbocycles. The molecule has 0 spiro atoms. The molecule has 0 radical (unpaired) electrons. The number of hydrazone groups is 1. The van der Waals surface area contributed by atoms with Crippen molar-refractivity contribution in [3.05, 3.63) is 45.7 Å². The molecule has 0 unspecified atom stereocenters. The summed E-state index contributed by atoms with van der Waals surface area (Å²) in [6.45, 7) is 1.15. The molecule has 1 amide bonds. The van der Waals surface area contributed by atoms with Gasteiger partial charge in [-0.25, -0.2) is 4.68 Å². The fourth-order valence-corrected chi connectivity index (χ4v) is 3.27. The molecule has 0 saturated heterocycles. The third-order valence-corrected chi connectivity index (χ3v) is 4.66. The van der Waals surface area contributed by atoms with Crippen LogP contribution in [0.1, 0.15) is 23.8 Å². The number of rotatable bonds is 4. The van der Waals surface area contributed by atoms with Crippen molar-refractivity contribution in [2.75, 3.05) is 0 Å². The molecular formula is C16H13BrClF3N4O3. The molecule has 1 N–H and O–H groups in total. The standard InChI is InChI=1S/C16H13BrClF3N4O3/c1-9-7-15(27,16(19,20)21)25(22-9)14(26)12-4-5-24(23-12)8-28-13-3-2-10(17)6-11(13)18/h2-6,27H,7-8H2,1H3/t15-/m1/s1. The third-order valence-electron chi connectivity index (χ3n) is 3.88. The highest BCUT2D eigenvalue weighted by atomic mass is 79.9. The van der Waals surface area contributed by atoms with E-state index in [1.54, 1.807) is 18.2 Å². The Morgan fingerprint density at radius 2 is 2.14 bits per heavy atom. The first-order chi connectivity index (χ1) is 13.0. The number of nitrogens with zero attached hydrogens (tertiary/aromatic N) is 4. The van der Waals surface area contributed by atoms with E-state index in [9.17, 15) is 23.1 Å². The molecule has 7 nitrogen and oxygen atoms in total. The number of alkyl halides is 3. The van der Waals surface area contributed by atoms with Gasteiger partial charge in [0.15, 0.2) is 12.4 Å². The van der Waals surface area contributed by atoms with Crippen LogP contribution < -0.4 is 4.74 Å². The van der Waals surface area contributed by atoms with Crippen LogP contribution in [0.15, 0.2) is 40.0 Å². The van der Waals surface area contributed by atoms with Crippen LogP contribution in [0.4, 0.5) is 13.2 Å². The monoisotopic (exact) mass is 480 g/mol. The van der Waals surface area contributed by atoms with Gasteiger partial charge in [-0.15, -0.1) is 0 Å². The molecule has 0 bridgehead atoms. The van der Waals surface area contributed by atoms with E-state index in [1.165, 1.54) is 23.9 Å². The smallest absolute Gasteiger partial charge is 0.438 e. The van der Waals surface area contributed by atoms with Crippen molar-refractivity contribution in [2.24, 2.45) is 5.10 Å². The Kier molecular flexibility index (Phi) is 5.43. The molecule has 150 valence electrons. The van der Waals surface area contributed by atoms with Gasteiger partial charge in [0, 0.05) is 22.8 Å². The molecule has 2 aromatic rings. The van der Waals surface area contributed by atoms with Crippen LogP contribution >= 0.6 is 27.5 Å². The molecular weight excluding hydrogens is 469 g/mol. The first-order valence-electron chi connectivity index (χ1n) is 7.80. The van der Waals surface area contributed by atoms with Crippen LogP contribution in [0.5, 0.6) is 5.75 Å². The lowest BCUT2D eigenvalue weighted by Gasteiger charge is -2.32. The van der Waals surface area contributed by atoms with Crippen molar-refractivity contribution in [3.8, 4) is 5.75 Å². The maximum atomic E-state index is 13.2. The van der Waals surface area contributed by atoms with Crippen LogP contribution in [-0.2, 0) is 6.73 Å². The highest BCUT2D eigenvalue weighted by Gasteiger charge is 2.63. The summed E-state index contributed by atoms with van der Waals surface area (Å²) in [5.41, 5.74) is -3.76. The van der Waals surface area contributed by atoms with Gasteiger partial charge in [-0.3, -0.25) is 4.79 Å². The minimum atomic E-state index is -5.08. The maximum Gasteiger partial charge on any atom is 0.438 e. The summed E-state index contributed by atoms with van der Waals surface area (Å²) in [7, 11) is 0. The zero-order chi connectivity index (χ0) is 20.7. The van der Waals surface area contributed by atoms with Gasteiger partial charge in [0.05, 0.1) is 5.02 Å². The summed E-state index contributed by atoms with van der Waals surface area (Å²) < 4.78 is 47.2. The Labute approximate surface area is 170 Å². The minimum absolute atomic E-state index is 0.0153. The highest BCUT2D eigenvalue weighted by molar-refractivity contribution is 9.10. The highest BCUT2D eigenvalue weighted by Crippen LogP contribution is 2.40. The van der Waals surface area contributed by atoms with Crippen LogP contribution in [0.2, 0.25) is 5.02 Å². The van der Waals surface area contributed by atoms with Gasteiger partial charge in [0.1, 0.15) is 5.75 Å². The van der Waals surface area contributed by atoms with Crippen molar-refractivity contribution in [1.29, 1.82) is 0 Å². The van der Waals surface area contributed by atoms with E-state index < -0.39 is 24.2 Å². The summed E-state index contributed by atoms with van der Waals surface area (Å²) in [5.74, 6) is -0.823. The van der Waals surface area contributed by atoms with Crippen LogP contribution in [0, 0.1) is 0 Å². The Bertz CT molecular complexity index is 949. The van der Waals surface area contributed by atoms with E-state index in [4.69, 9.17) is 16.3 Å². The summed E-state index contributed by atoms with van der Waals surface area (Å²) in [6.07, 6.45) is -4.55. The fraction of sp³-hybridized carbons (Fsp3) is 0.312. The van der Waals surface area contributed by atoms with Crippen molar-refractivity contribution >= 4 is 39.1 Å². The molecule has 3 rings (SSSR count). The molecule has 0 aliphatic carbocycles. The Morgan fingerprint density at radius 1 is 1.43 bits per heavy atom. The first kappa shape index (κ1) is 20.6. The molecule has 12 heteroatoms. The van der Waals surface area contributed by atoms with E-state index in [2.05, 4.69) is 26.1 Å². The summed E-state index contributed by atoms with van der Waals surface area (Å²) in [5, 5.41) is 17.8. The molecule has 1 aliphatic heterocycles. The van der Waals surface area contributed by atoms with E-state index >= 15 is 0 Å². The number of amides is 1. The quantitative estimate of drug-likeness (QED) is 0.720. The van der Waals surface area contributed by atoms with Gasteiger partial charge in [0.2, 0.25) is 0 Å². The van der Waals surface area contributed by atoms with Crippen molar-refractivity contribution in [2.45, 2.75) is 32.0 Å². The zero-order valence-corrected chi connectivity index (χ0v) is 16.6. The molecule has 1 aromatic heterocycles. The van der Waals surface area contributed by atoms with Gasteiger partial charge < -0.3 is 9.84 Å². The second-order valence-corrected chi connectivity index (χ2v) is 7.35. The summed E-state index contributed by atoms with van der Waals surface area (Å²) in [6, 6.07) is 6.16. The number of hydrogen-bond donors (Lipinski definition) is 1. The Balaban J connectivity index is 1.75. The normalized spacial score (nSPS) is 19.7. The second kappa shape index (κ2) is 7.37. The number of hydrogen-bond acceptors (Lipinski definition) is 5. The number of carbonyl (C=O) groups excluding carboxylic acids is 1. The maximum absolute atomic E-state index is 13.2. The van der Waals surface area contributed by atoms with Crippen molar-refractivity contribution in [1.82, 2.24) is 14.8 Å². The molecule has 28 heavy (non-hydrogen) atoms. The number of carbonyl (C=O) groups is 1. The van der Waals surface area contributed by atoms with Crippen LogP contribution in [-0.4, -0.2) is 43.4 Å². The van der Waals surface area contributed by atoms with Crippen molar-refractivity contribution < 1.29 is 27.8 Å². The lowest BCUT2D eigenvalue weighted by molar-refractivity contribution is -0.297. The largest absolute Gasteiger partial charge is 0.470 e. The number of halogens is 5. The molecule has 2 heterocycles. The van der Waals surface area contributed by atoms with Gasteiger partial charge in [-0.05, 0) is 31.2 Å². The lowest BCUT2D eigenvalue weighted by atomic mass is 10.1. The number of ether oxygens (including phenoxy) is 1. The molecule has 0 saturated carbocycles. The predicted molar refractivity (Wildman–Crippen MR) is 96.9 cm³/mol. The van der Waals surface area contributed by atoms with Crippen molar-refractivity contribution in [3.63, 3.8) is 0 Å². The molecule has 1 aliphatic rings. The third kappa shape index (κ3) is 3.87. The number of aromatic nitrogens is 2.